The first-order valence-corrected chi connectivity index (χ1v) is 6.85. The van der Waals surface area contributed by atoms with Crippen LogP contribution in [0.25, 0.3) is 0 Å². The Kier molecular flexibility index (Phi) is 2.57. The molecule has 2 atom stereocenters. The molecule has 0 amide bonds. The summed E-state index contributed by atoms with van der Waals surface area (Å²) in [4.78, 5) is 0. The Labute approximate surface area is 84.2 Å². The van der Waals surface area contributed by atoms with E-state index in [1.54, 1.807) is 0 Å². The highest BCUT2D eigenvalue weighted by atomic mass is 32.2. The number of rotatable bonds is 1. The topological polar surface area (TPSA) is 63.6 Å². The highest BCUT2D eigenvalue weighted by molar-refractivity contribution is 7.91. The second-order valence-electron chi connectivity index (χ2n) is 4.36. The van der Waals surface area contributed by atoms with Crippen LogP contribution in [0, 0.1) is 5.92 Å². The van der Waals surface area contributed by atoms with Crippen molar-refractivity contribution in [3.63, 3.8) is 0 Å². The molecule has 2 aliphatic rings. The van der Waals surface area contributed by atoms with Gasteiger partial charge in [0.05, 0.1) is 23.7 Å². The van der Waals surface area contributed by atoms with Crippen LogP contribution in [0.5, 0.6) is 0 Å². The normalized spacial score (nSPS) is 42.5. The molecule has 2 unspecified atom stereocenters. The predicted octanol–water partition coefficient (Wildman–Crippen LogP) is -0.0374. The molecule has 82 valence electrons. The fourth-order valence-electron chi connectivity index (χ4n) is 2.34. The molecule has 2 fully saturated rings. The number of ether oxygens (including phenoxy) is 1. The van der Waals surface area contributed by atoms with E-state index in [2.05, 4.69) is 0 Å². The highest BCUT2D eigenvalue weighted by Crippen LogP contribution is 2.35. The van der Waals surface area contributed by atoms with Crippen molar-refractivity contribution >= 4 is 9.84 Å². The van der Waals surface area contributed by atoms with Gasteiger partial charge in [0, 0.05) is 12.5 Å². The fraction of sp³-hybridized carbons (Fsp3) is 1.00. The van der Waals surface area contributed by atoms with Gasteiger partial charge < -0.3 is 9.84 Å². The summed E-state index contributed by atoms with van der Waals surface area (Å²) in [6.07, 6.45) is 2.18. The summed E-state index contributed by atoms with van der Waals surface area (Å²) in [7, 11) is -3.01. The Balaban J connectivity index is 2.09. The molecule has 0 spiro atoms. The maximum Gasteiger partial charge on any atom is 0.153 e. The summed E-state index contributed by atoms with van der Waals surface area (Å²) in [5, 5.41) is 10.2. The van der Waals surface area contributed by atoms with Crippen LogP contribution >= 0.6 is 0 Å². The summed E-state index contributed by atoms with van der Waals surface area (Å²) in [5.41, 5.74) is -1.01. The number of aliphatic hydroxyl groups is 1. The molecule has 0 radical (unpaired) electrons. The zero-order chi connectivity index (χ0) is 10.2. The first kappa shape index (κ1) is 10.4. The average Bonchev–Trinajstić information content (AvgIpc) is 2.44. The van der Waals surface area contributed by atoms with E-state index in [0.29, 0.717) is 13.0 Å². The lowest BCUT2D eigenvalue weighted by Crippen LogP contribution is -2.43. The summed E-state index contributed by atoms with van der Waals surface area (Å²) >= 11 is 0. The van der Waals surface area contributed by atoms with E-state index >= 15 is 0 Å². The van der Waals surface area contributed by atoms with Crippen molar-refractivity contribution in [2.75, 3.05) is 24.7 Å². The lowest BCUT2D eigenvalue weighted by molar-refractivity contribution is -0.0630. The molecule has 2 heterocycles. The molecule has 0 aliphatic carbocycles. The number of hydrogen-bond donors (Lipinski definition) is 1. The standard InChI is InChI=1S/C9H16O4S/c10-9(3-5-14(11,12)7-9)8-2-1-4-13-6-8/h8,10H,1-7H2. The minimum atomic E-state index is -3.01. The van der Waals surface area contributed by atoms with E-state index in [9.17, 15) is 13.5 Å². The van der Waals surface area contributed by atoms with Crippen molar-refractivity contribution in [3.8, 4) is 0 Å². The minimum absolute atomic E-state index is 0.00789. The maximum absolute atomic E-state index is 11.3. The van der Waals surface area contributed by atoms with Gasteiger partial charge in [0.25, 0.3) is 0 Å². The molecule has 2 rings (SSSR count). The predicted molar refractivity (Wildman–Crippen MR) is 51.8 cm³/mol. The molecule has 2 aliphatic heterocycles. The Hall–Kier alpha value is -0.130. The van der Waals surface area contributed by atoms with Gasteiger partial charge in [0.1, 0.15) is 0 Å². The van der Waals surface area contributed by atoms with Gasteiger partial charge in [-0.2, -0.15) is 0 Å². The van der Waals surface area contributed by atoms with E-state index in [-0.39, 0.29) is 17.4 Å². The van der Waals surface area contributed by atoms with Crippen LogP contribution in [0.3, 0.4) is 0 Å². The minimum Gasteiger partial charge on any atom is -0.388 e. The molecule has 5 heteroatoms. The zero-order valence-corrected chi connectivity index (χ0v) is 8.92. The molecule has 4 nitrogen and oxygen atoms in total. The molecular formula is C9H16O4S. The molecule has 0 saturated carbocycles. The number of sulfone groups is 1. The molecule has 2 saturated heterocycles. The molecule has 0 aromatic rings. The van der Waals surface area contributed by atoms with E-state index in [1.807, 2.05) is 0 Å². The van der Waals surface area contributed by atoms with Crippen LogP contribution in [0.15, 0.2) is 0 Å². The summed E-state index contributed by atoms with van der Waals surface area (Å²) < 4.78 is 27.8. The Bertz CT molecular complexity index is 305. The molecule has 0 aromatic carbocycles. The summed E-state index contributed by atoms with van der Waals surface area (Å²) in [6.45, 7) is 1.24. The third kappa shape index (κ3) is 1.94. The van der Waals surface area contributed by atoms with Gasteiger partial charge in [-0.1, -0.05) is 0 Å². The molecule has 0 aromatic heterocycles. The maximum atomic E-state index is 11.3. The summed E-state index contributed by atoms with van der Waals surface area (Å²) in [5.74, 6) is 0.0575. The lowest BCUT2D eigenvalue weighted by atomic mass is 9.83. The van der Waals surface area contributed by atoms with Gasteiger partial charge in [0.15, 0.2) is 9.84 Å². The van der Waals surface area contributed by atoms with Crippen molar-refractivity contribution in [1.82, 2.24) is 0 Å². The molecule has 1 N–H and O–H groups in total. The molecule has 14 heavy (non-hydrogen) atoms. The van der Waals surface area contributed by atoms with Gasteiger partial charge in [-0.25, -0.2) is 8.42 Å². The fourth-order valence-corrected chi connectivity index (χ4v) is 4.29. The first-order chi connectivity index (χ1) is 6.52. The van der Waals surface area contributed by atoms with E-state index in [0.717, 1.165) is 19.4 Å². The van der Waals surface area contributed by atoms with Crippen LogP contribution < -0.4 is 0 Å². The second kappa shape index (κ2) is 3.47. The third-order valence-electron chi connectivity index (χ3n) is 3.24. The van der Waals surface area contributed by atoms with Crippen LogP contribution in [0.1, 0.15) is 19.3 Å². The quantitative estimate of drug-likeness (QED) is 0.673. The Morgan fingerprint density at radius 2 is 2.21 bits per heavy atom. The summed E-state index contributed by atoms with van der Waals surface area (Å²) in [6, 6.07) is 0. The van der Waals surface area contributed by atoms with Gasteiger partial charge in [-0.3, -0.25) is 0 Å². The molecule has 0 bridgehead atoms. The van der Waals surface area contributed by atoms with Crippen molar-refractivity contribution in [3.05, 3.63) is 0 Å². The second-order valence-corrected chi connectivity index (χ2v) is 6.54. The SMILES string of the molecule is O=S1(=O)CCC(O)(C2CCCOC2)C1. The van der Waals surface area contributed by atoms with Crippen LogP contribution in [-0.2, 0) is 14.6 Å². The Morgan fingerprint density at radius 1 is 1.43 bits per heavy atom. The van der Waals surface area contributed by atoms with Gasteiger partial charge >= 0.3 is 0 Å². The van der Waals surface area contributed by atoms with Crippen LogP contribution in [0.2, 0.25) is 0 Å². The van der Waals surface area contributed by atoms with E-state index < -0.39 is 15.4 Å². The number of hydrogen-bond acceptors (Lipinski definition) is 4. The van der Waals surface area contributed by atoms with Gasteiger partial charge in [-0.15, -0.1) is 0 Å². The first-order valence-electron chi connectivity index (χ1n) is 5.02. The highest BCUT2D eigenvalue weighted by Gasteiger charge is 2.46. The average molecular weight is 220 g/mol. The lowest BCUT2D eigenvalue weighted by Gasteiger charge is -2.34. The van der Waals surface area contributed by atoms with Gasteiger partial charge in [0.2, 0.25) is 0 Å². The molecular weight excluding hydrogens is 204 g/mol. The monoisotopic (exact) mass is 220 g/mol. The smallest absolute Gasteiger partial charge is 0.153 e. The largest absolute Gasteiger partial charge is 0.388 e. The van der Waals surface area contributed by atoms with Gasteiger partial charge in [-0.05, 0) is 19.3 Å². The van der Waals surface area contributed by atoms with Crippen molar-refractivity contribution in [1.29, 1.82) is 0 Å². The van der Waals surface area contributed by atoms with Crippen LogP contribution in [0.4, 0.5) is 0 Å². The van der Waals surface area contributed by atoms with Crippen molar-refractivity contribution < 1.29 is 18.3 Å². The van der Waals surface area contributed by atoms with E-state index in [4.69, 9.17) is 4.74 Å². The Morgan fingerprint density at radius 3 is 2.71 bits per heavy atom. The van der Waals surface area contributed by atoms with Crippen molar-refractivity contribution in [2.45, 2.75) is 24.9 Å². The van der Waals surface area contributed by atoms with Crippen LogP contribution in [-0.4, -0.2) is 43.8 Å². The third-order valence-corrected chi connectivity index (χ3v) is 5.00. The van der Waals surface area contributed by atoms with Crippen molar-refractivity contribution in [2.24, 2.45) is 5.92 Å². The zero-order valence-electron chi connectivity index (χ0n) is 8.11. The van der Waals surface area contributed by atoms with E-state index in [1.165, 1.54) is 0 Å².